The van der Waals surface area contributed by atoms with Gasteiger partial charge in [0.05, 0.1) is 23.5 Å². The third-order valence-electron chi connectivity index (χ3n) is 2.04. The maximum atomic E-state index is 9.09. The van der Waals surface area contributed by atoms with Gasteiger partial charge in [0.2, 0.25) is 0 Å². The fraction of sp³-hybridized carbons (Fsp3) is 0. The van der Waals surface area contributed by atoms with Gasteiger partial charge in [-0.1, -0.05) is 12.1 Å². The molecule has 1 N–H and O–H groups in total. The standard InChI is InChI=1S/C12H8N2O/c13-7-9-2-1-3-10(6-9)12-5-4-11(15)8-14-12/h1-6,8,15H. The van der Waals surface area contributed by atoms with Crippen LogP contribution in [0.1, 0.15) is 5.56 Å². The molecule has 1 aromatic carbocycles. The molecule has 1 aromatic heterocycles. The Hall–Kier alpha value is -2.34. The highest BCUT2D eigenvalue weighted by Gasteiger charge is 2.00. The zero-order valence-electron chi connectivity index (χ0n) is 7.88. The Labute approximate surface area is 87.3 Å². The number of hydrogen-bond donors (Lipinski definition) is 1. The molecule has 2 aromatic rings. The molecule has 72 valence electrons. The Bertz CT molecular complexity index is 512. The lowest BCUT2D eigenvalue weighted by molar-refractivity contribution is 0.473. The van der Waals surface area contributed by atoms with E-state index >= 15 is 0 Å². The number of nitriles is 1. The Kier molecular flexibility index (Phi) is 2.34. The molecular formula is C12H8N2O. The van der Waals surface area contributed by atoms with Crippen molar-refractivity contribution in [3.8, 4) is 23.1 Å². The van der Waals surface area contributed by atoms with Gasteiger partial charge in [-0.05, 0) is 24.3 Å². The molecule has 3 nitrogen and oxygen atoms in total. The predicted octanol–water partition coefficient (Wildman–Crippen LogP) is 2.33. The number of aromatic nitrogens is 1. The molecule has 0 amide bonds. The molecule has 0 aliphatic rings. The Balaban J connectivity index is 2.46. The maximum absolute atomic E-state index is 9.09. The van der Waals surface area contributed by atoms with Gasteiger partial charge in [0.25, 0.3) is 0 Å². The van der Waals surface area contributed by atoms with Crippen LogP contribution in [0.3, 0.4) is 0 Å². The van der Waals surface area contributed by atoms with Crippen molar-refractivity contribution in [2.75, 3.05) is 0 Å². The van der Waals surface area contributed by atoms with Crippen LogP contribution in [-0.4, -0.2) is 10.1 Å². The molecule has 0 spiro atoms. The molecule has 0 bridgehead atoms. The molecule has 0 atom stereocenters. The average molecular weight is 196 g/mol. The van der Waals surface area contributed by atoms with Crippen LogP contribution in [0.15, 0.2) is 42.6 Å². The molecule has 0 saturated carbocycles. The van der Waals surface area contributed by atoms with Gasteiger partial charge in [0.1, 0.15) is 5.75 Å². The van der Waals surface area contributed by atoms with E-state index in [4.69, 9.17) is 10.4 Å². The SMILES string of the molecule is N#Cc1cccc(-c2ccc(O)cn2)c1. The van der Waals surface area contributed by atoms with E-state index in [2.05, 4.69) is 11.1 Å². The number of benzene rings is 1. The largest absolute Gasteiger partial charge is 0.506 e. The van der Waals surface area contributed by atoms with Crippen molar-refractivity contribution in [2.45, 2.75) is 0 Å². The van der Waals surface area contributed by atoms with E-state index in [1.165, 1.54) is 6.20 Å². The van der Waals surface area contributed by atoms with E-state index in [9.17, 15) is 0 Å². The first-order chi connectivity index (χ1) is 7.29. The van der Waals surface area contributed by atoms with E-state index in [0.717, 1.165) is 11.3 Å². The van der Waals surface area contributed by atoms with E-state index < -0.39 is 0 Å². The lowest BCUT2D eigenvalue weighted by Gasteiger charge is -2.00. The summed E-state index contributed by atoms with van der Waals surface area (Å²) in [6.07, 6.45) is 1.38. The first-order valence-corrected chi connectivity index (χ1v) is 4.45. The van der Waals surface area contributed by atoms with Gasteiger partial charge in [-0.3, -0.25) is 4.98 Å². The summed E-state index contributed by atoms with van der Waals surface area (Å²) in [5.41, 5.74) is 2.21. The van der Waals surface area contributed by atoms with Gasteiger partial charge < -0.3 is 5.11 Å². The first-order valence-electron chi connectivity index (χ1n) is 4.45. The minimum atomic E-state index is 0.134. The highest BCUT2D eigenvalue weighted by atomic mass is 16.3. The van der Waals surface area contributed by atoms with Gasteiger partial charge in [-0.2, -0.15) is 5.26 Å². The van der Waals surface area contributed by atoms with Gasteiger partial charge in [-0.15, -0.1) is 0 Å². The Morgan fingerprint density at radius 2 is 2.07 bits per heavy atom. The van der Waals surface area contributed by atoms with Crippen molar-refractivity contribution in [3.63, 3.8) is 0 Å². The Morgan fingerprint density at radius 1 is 1.20 bits per heavy atom. The van der Waals surface area contributed by atoms with Crippen molar-refractivity contribution >= 4 is 0 Å². The van der Waals surface area contributed by atoms with Crippen LogP contribution in [0.2, 0.25) is 0 Å². The van der Waals surface area contributed by atoms with E-state index in [1.807, 2.05) is 12.1 Å². The summed E-state index contributed by atoms with van der Waals surface area (Å²) >= 11 is 0. The normalized spacial score (nSPS) is 9.53. The van der Waals surface area contributed by atoms with E-state index in [0.29, 0.717) is 5.56 Å². The lowest BCUT2D eigenvalue weighted by atomic mass is 10.1. The monoisotopic (exact) mass is 196 g/mol. The second-order valence-electron chi connectivity index (χ2n) is 3.09. The molecule has 2 rings (SSSR count). The zero-order chi connectivity index (χ0) is 10.7. The summed E-state index contributed by atoms with van der Waals surface area (Å²) < 4.78 is 0. The predicted molar refractivity (Wildman–Crippen MR) is 56.1 cm³/mol. The summed E-state index contributed by atoms with van der Waals surface area (Å²) in [4.78, 5) is 4.06. The van der Waals surface area contributed by atoms with Crippen molar-refractivity contribution in [1.82, 2.24) is 4.98 Å². The maximum Gasteiger partial charge on any atom is 0.133 e. The topological polar surface area (TPSA) is 56.9 Å². The van der Waals surface area contributed by atoms with Gasteiger partial charge in [0.15, 0.2) is 0 Å². The molecule has 0 unspecified atom stereocenters. The number of pyridine rings is 1. The molecule has 15 heavy (non-hydrogen) atoms. The molecule has 1 heterocycles. The summed E-state index contributed by atoms with van der Waals surface area (Å²) in [5.74, 6) is 0.134. The van der Waals surface area contributed by atoms with Gasteiger partial charge >= 0.3 is 0 Å². The highest BCUT2D eigenvalue weighted by molar-refractivity contribution is 5.61. The molecular weight excluding hydrogens is 188 g/mol. The van der Waals surface area contributed by atoms with Crippen molar-refractivity contribution < 1.29 is 5.11 Å². The summed E-state index contributed by atoms with van der Waals surface area (Å²) in [6, 6.07) is 12.5. The Morgan fingerprint density at radius 3 is 2.73 bits per heavy atom. The number of aromatic hydroxyl groups is 1. The van der Waals surface area contributed by atoms with Crippen LogP contribution in [-0.2, 0) is 0 Å². The second-order valence-corrected chi connectivity index (χ2v) is 3.09. The smallest absolute Gasteiger partial charge is 0.133 e. The molecule has 0 saturated heterocycles. The van der Waals surface area contributed by atoms with Gasteiger partial charge in [0, 0.05) is 5.56 Å². The van der Waals surface area contributed by atoms with Gasteiger partial charge in [-0.25, -0.2) is 0 Å². The number of rotatable bonds is 1. The third kappa shape index (κ3) is 1.94. The second kappa shape index (κ2) is 3.81. The van der Waals surface area contributed by atoms with Crippen molar-refractivity contribution in [3.05, 3.63) is 48.2 Å². The molecule has 0 radical (unpaired) electrons. The van der Waals surface area contributed by atoms with Crippen LogP contribution in [0.4, 0.5) is 0 Å². The molecule has 0 fully saturated rings. The zero-order valence-corrected chi connectivity index (χ0v) is 7.88. The lowest BCUT2D eigenvalue weighted by Crippen LogP contribution is -1.83. The van der Waals surface area contributed by atoms with Crippen LogP contribution in [0.5, 0.6) is 5.75 Å². The quantitative estimate of drug-likeness (QED) is 0.761. The fourth-order valence-corrected chi connectivity index (χ4v) is 1.30. The molecule has 0 aliphatic heterocycles. The minimum absolute atomic E-state index is 0.134. The fourth-order valence-electron chi connectivity index (χ4n) is 1.30. The number of hydrogen-bond acceptors (Lipinski definition) is 3. The van der Waals surface area contributed by atoms with Crippen LogP contribution < -0.4 is 0 Å². The highest BCUT2D eigenvalue weighted by Crippen LogP contribution is 2.19. The van der Waals surface area contributed by atoms with Crippen LogP contribution in [0.25, 0.3) is 11.3 Å². The van der Waals surface area contributed by atoms with Crippen molar-refractivity contribution in [2.24, 2.45) is 0 Å². The first kappa shape index (κ1) is 9.22. The van der Waals surface area contributed by atoms with Crippen LogP contribution in [0, 0.1) is 11.3 Å². The number of nitrogens with zero attached hydrogens (tertiary/aromatic N) is 2. The molecule has 3 heteroatoms. The van der Waals surface area contributed by atoms with E-state index in [1.54, 1.807) is 24.3 Å². The summed E-state index contributed by atoms with van der Waals surface area (Å²) in [6.45, 7) is 0. The minimum Gasteiger partial charge on any atom is -0.506 e. The third-order valence-corrected chi connectivity index (χ3v) is 2.04. The summed E-state index contributed by atoms with van der Waals surface area (Å²) in [7, 11) is 0. The summed E-state index contributed by atoms with van der Waals surface area (Å²) in [5, 5.41) is 17.8. The molecule has 0 aliphatic carbocycles. The van der Waals surface area contributed by atoms with Crippen LogP contribution >= 0.6 is 0 Å². The van der Waals surface area contributed by atoms with Crippen molar-refractivity contribution in [1.29, 1.82) is 5.26 Å². The average Bonchev–Trinajstić information content (AvgIpc) is 2.30. The van der Waals surface area contributed by atoms with E-state index in [-0.39, 0.29) is 5.75 Å².